The average Bonchev–Trinajstić information content (AvgIpc) is 2.41. The van der Waals surface area contributed by atoms with E-state index in [4.69, 9.17) is 16.3 Å². The first kappa shape index (κ1) is 14.5. The summed E-state index contributed by atoms with van der Waals surface area (Å²) in [5.74, 6) is 0.775. The largest absolute Gasteiger partial charge is 0.492 e. The Balaban J connectivity index is 1.92. The Morgan fingerprint density at radius 3 is 2.74 bits per heavy atom. The molecule has 1 fully saturated rings. The van der Waals surface area contributed by atoms with Gasteiger partial charge in [-0.3, -0.25) is 0 Å². The van der Waals surface area contributed by atoms with E-state index in [1.54, 1.807) is 0 Å². The number of nitrogens with zero attached hydrogens (tertiary/aromatic N) is 1. The lowest BCUT2D eigenvalue weighted by atomic mass is 10.1. The predicted octanol–water partition coefficient (Wildman–Crippen LogP) is 3.63. The number of piperidine rings is 1. The standard InChI is InChI=1S/C15H23ClN2O/c1-3-10-19-15-5-4-13(11-14(15)16)17-12-6-8-18(2)9-7-12/h4-5,11-12,17H,3,6-10H2,1-2H3. The number of rotatable bonds is 5. The van der Waals surface area contributed by atoms with Crippen LogP contribution in [0.25, 0.3) is 0 Å². The molecule has 0 spiro atoms. The maximum absolute atomic E-state index is 6.23. The van der Waals surface area contributed by atoms with Gasteiger partial charge in [0.05, 0.1) is 11.6 Å². The van der Waals surface area contributed by atoms with E-state index in [0.717, 1.165) is 30.9 Å². The molecule has 1 heterocycles. The fraction of sp³-hybridized carbons (Fsp3) is 0.600. The molecule has 19 heavy (non-hydrogen) atoms. The fourth-order valence-corrected chi connectivity index (χ4v) is 2.54. The van der Waals surface area contributed by atoms with Gasteiger partial charge < -0.3 is 15.0 Å². The molecule has 106 valence electrons. The highest BCUT2D eigenvalue weighted by Crippen LogP contribution is 2.28. The van der Waals surface area contributed by atoms with Gasteiger partial charge in [-0.05, 0) is 57.6 Å². The topological polar surface area (TPSA) is 24.5 Å². The highest BCUT2D eigenvalue weighted by molar-refractivity contribution is 6.32. The molecule has 0 amide bonds. The lowest BCUT2D eigenvalue weighted by Gasteiger charge is -2.30. The molecule has 0 radical (unpaired) electrons. The third-order valence-electron chi connectivity index (χ3n) is 3.48. The molecule has 0 aliphatic carbocycles. The van der Waals surface area contributed by atoms with Crippen molar-refractivity contribution in [1.29, 1.82) is 0 Å². The van der Waals surface area contributed by atoms with Gasteiger partial charge in [0.15, 0.2) is 0 Å². The maximum Gasteiger partial charge on any atom is 0.138 e. The van der Waals surface area contributed by atoms with Crippen LogP contribution in [0.2, 0.25) is 5.02 Å². The van der Waals surface area contributed by atoms with Gasteiger partial charge >= 0.3 is 0 Å². The van der Waals surface area contributed by atoms with Gasteiger partial charge in [0.1, 0.15) is 5.75 Å². The first-order chi connectivity index (χ1) is 9.19. The number of nitrogens with one attached hydrogen (secondary N) is 1. The third-order valence-corrected chi connectivity index (χ3v) is 3.78. The smallest absolute Gasteiger partial charge is 0.138 e. The van der Waals surface area contributed by atoms with E-state index in [-0.39, 0.29) is 0 Å². The molecule has 1 aliphatic heterocycles. The van der Waals surface area contributed by atoms with Crippen LogP contribution in [0.1, 0.15) is 26.2 Å². The molecule has 0 aromatic heterocycles. The third kappa shape index (κ3) is 4.29. The average molecular weight is 283 g/mol. The van der Waals surface area contributed by atoms with Crippen LogP contribution in [0.15, 0.2) is 18.2 Å². The van der Waals surface area contributed by atoms with E-state index >= 15 is 0 Å². The minimum atomic E-state index is 0.551. The monoisotopic (exact) mass is 282 g/mol. The molecular formula is C15H23ClN2O. The van der Waals surface area contributed by atoms with Crippen LogP contribution >= 0.6 is 11.6 Å². The van der Waals surface area contributed by atoms with Gasteiger partial charge in [0.2, 0.25) is 0 Å². The molecule has 1 aliphatic rings. The molecule has 1 aromatic rings. The number of halogens is 1. The number of hydrogen-bond acceptors (Lipinski definition) is 3. The van der Waals surface area contributed by atoms with Gasteiger partial charge in [-0.15, -0.1) is 0 Å². The Morgan fingerprint density at radius 1 is 1.37 bits per heavy atom. The van der Waals surface area contributed by atoms with Crippen molar-refractivity contribution in [3.63, 3.8) is 0 Å². The SMILES string of the molecule is CCCOc1ccc(NC2CCN(C)CC2)cc1Cl. The Labute approximate surface area is 120 Å². The highest BCUT2D eigenvalue weighted by Gasteiger charge is 2.16. The number of hydrogen-bond donors (Lipinski definition) is 1. The zero-order valence-electron chi connectivity index (χ0n) is 11.8. The van der Waals surface area contributed by atoms with Crippen molar-refractivity contribution in [1.82, 2.24) is 4.90 Å². The van der Waals surface area contributed by atoms with Gasteiger partial charge in [0, 0.05) is 11.7 Å². The highest BCUT2D eigenvalue weighted by atomic mass is 35.5. The van der Waals surface area contributed by atoms with E-state index in [1.807, 2.05) is 12.1 Å². The summed E-state index contributed by atoms with van der Waals surface area (Å²) in [5.41, 5.74) is 1.09. The Morgan fingerprint density at radius 2 is 2.11 bits per heavy atom. The van der Waals surface area contributed by atoms with Crippen LogP contribution in [0.4, 0.5) is 5.69 Å². The molecule has 0 bridgehead atoms. The summed E-state index contributed by atoms with van der Waals surface area (Å²) in [4.78, 5) is 2.37. The van der Waals surface area contributed by atoms with Crippen LogP contribution in [-0.2, 0) is 0 Å². The summed E-state index contributed by atoms with van der Waals surface area (Å²) in [6, 6.07) is 6.52. The Hall–Kier alpha value is -0.930. The van der Waals surface area contributed by atoms with Crippen LogP contribution < -0.4 is 10.1 Å². The summed E-state index contributed by atoms with van der Waals surface area (Å²) in [7, 11) is 2.17. The normalized spacial score (nSPS) is 17.4. The molecule has 0 atom stereocenters. The second kappa shape index (κ2) is 7.01. The molecule has 1 N–H and O–H groups in total. The van der Waals surface area contributed by atoms with Crippen molar-refractivity contribution in [2.24, 2.45) is 0 Å². The Kier molecular flexibility index (Phi) is 5.34. The summed E-state index contributed by atoms with van der Waals surface area (Å²) >= 11 is 6.23. The van der Waals surface area contributed by atoms with E-state index in [1.165, 1.54) is 12.8 Å². The van der Waals surface area contributed by atoms with Crippen molar-refractivity contribution in [2.75, 3.05) is 32.1 Å². The predicted molar refractivity (Wildman–Crippen MR) is 81.4 cm³/mol. The summed E-state index contributed by atoms with van der Waals surface area (Å²) < 4.78 is 5.58. The van der Waals surface area contributed by atoms with Crippen LogP contribution in [0.3, 0.4) is 0 Å². The Bertz CT molecular complexity index is 403. The first-order valence-corrected chi connectivity index (χ1v) is 7.44. The summed E-state index contributed by atoms with van der Waals surface area (Å²) in [5, 5.41) is 4.25. The maximum atomic E-state index is 6.23. The zero-order chi connectivity index (χ0) is 13.7. The molecule has 0 unspecified atom stereocenters. The lowest BCUT2D eigenvalue weighted by molar-refractivity contribution is 0.264. The van der Waals surface area contributed by atoms with Gasteiger partial charge in [-0.1, -0.05) is 18.5 Å². The van der Waals surface area contributed by atoms with Crippen molar-refractivity contribution >= 4 is 17.3 Å². The van der Waals surface area contributed by atoms with Gasteiger partial charge in [-0.25, -0.2) is 0 Å². The van der Waals surface area contributed by atoms with Crippen LogP contribution in [0, 0.1) is 0 Å². The molecular weight excluding hydrogens is 260 g/mol. The van der Waals surface area contributed by atoms with Gasteiger partial charge in [-0.2, -0.15) is 0 Å². The minimum absolute atomic E-state index is 0.551. The van der Waals surface area contributed by atoms with Gasteiger partial charge in [0.25, 0.3) is 0 Å². The van der Waals surface area contributed by atoms with E-state index in [0.29, 0.717) is 17.7 Å². The summed E-state index contributed by atoms with van der Waals surface area (Å²) in [6.07, 6.45) is 3.36. The molecule has 1 saturated heterocycles. The molecule has 1 aromatic carbocycles. The zero-order valence-corrected chi connectivity index (χ0v) is 12.5. The lowest BCUT2D eigenvalue weighted by Crippen LogP contribution is -2.36. The number of likely N-dealkylation sites (tertiary alicyclic amines) is 1. The summed E-state index contributed by atoms with van der Waals surface area (Å²) in [6.45, 7) is 5.11. The van der Waals surface area contributed by atoms with E-state index < -0.39 is 0 Å². The number of benzene rings is 1. The van der Waals surface area contributed by atoms with Crippen molar-refractivity contribution in [3.05, 3.63) is 23.2 Å². The molecule has 2 rings (SSSR count). The molecule has 0 saturated carbocycles. The molecule has 3 nitrogen and oxygen atoms in total. The quantitative estimate of drug-likeness (QED) is 0.892. The fourth-order valence-electron chi connectivity index (χ4n) is 2.31. The second-order valence-electron chi connectivity index (χ2n) is 5.22. The minimum Gasteiger partial charge on any atom is -0.492 e. The van der Waals surface area contributed by atoms with Crippen molar-refractivity contribution in [2.45, 2.75) is 32.2 Å². The van der Waals surface area contributed by atoms with Crippen LogP contribution in [-0.4, -0.2) is 37.7 Å². The molecule has 4 heteroatoms. The van der Waals surface area contributed by atoms with E-state index in [9.17, 15) is 0 Å². The first-order valence-electron chi connectivity index (χ1n) is 7.06. The van der Waals surface area contributed by atoms with Crippen molar-refractivity contribution in [3.8, 4) is 5.75 Å². The van der Waals surface area contributed by atoms with Crippen molar-refractivity contribution < 1.29 is 4.74 Å². The second-order valence-corrected chi connectivity index (χ2v) is 5.62. The number of ether oxygens (including phenoxy) is 1. The van der Waals surface area contributed by atoms with E-state index in [2.05, 4.69) is 30.3 Å². The van der Waals surface area contributed by atoms with Crippen LogP contribution in [0.5, 0.6) is 5.75 Å². The number of anilines is 1.